The Hall–Kier alpha value is -3.00. The number of carbonyl (C=O) groups is 1. The van der Waals surface area contributed by atoms with Crippen LogP contribution in [-0.4, -0.2) is 26.3 Å². The van der Waals surface area contributed by atoms with Gasteiger partial charge in [0.15, 0.2) is 12.3 Å². The molecule has 0 spiro atoms. The van der Waals surface area contributed by atoms with Gasteiger partial charge in [-0.25, -0.2) is 21.6 Å². The molecule has 2 aromatic rings. The highest BCUT2D eigenvalue weighted by atomic mass is 32.2. The summed E-state index contributed by atoms with van der Waals surface area (Å²) < 4.78 is 99.1. The van der Waals surface area contributed by atoms with Crippen LogP contribution in [0.25, 0.3) is 0 Å². The first kappa shape index (κ1) is 22.7. The Labute approximate surface area is 174 Å². The van der Waals surface area contributed by atoms with Gasteiger partial charge in [0.05, 0.1) is 16.5 Å². The summed E-state index contributed by atoms with van der Waals surface area (Å²) >= 11 is 0. The number of esters is 1. The molecule has 0 saturated carbocycles. The van der Waals surface area contributed by atoms with Gasteiger partial charge in [0.2, 0.25) is 9.84 Å². The second-order valence-corrected chi connectivity index (χ2v) is 8.73. The minimum Gasteiger partial charge on any atom is -0.454 e. The summed E-state index contributed by atoms with van der Waals surface area (Å²) in [6.45, 7) is 0.921. The van der Waals surface area contributed by atoms with Crippen LogP contribution < -0.4 is 0 Å². The quantitative estimate of drug-likeness (QED) is 0.493. The van der Waals surface area contributed by atoms with Gasteiger partial charge in [-0.1, -0.05) is 6.07 Å². The number of nitriles is 1. The summed E-state index contributed by atoms with van der Waals surface area (Å²) in [6, 6.07) is 5.94. The number of hydrogen-bond acceptors (Lipinski definition) is 5. The summed E-state index contributed by atoms with van der Waals surface area (Å²) in [6.07, 6.45) is -6.59. The molecule has 1 aliphatic carbocycles. The molecule has 11 heteroatoms. The summed E-state index contributed by atoms with van der Waals surface area (Å²) in [7, 11) is -5.24. The molecule has 0 aromatic heterocycles. The molecule has 2 aromatic carbocycles. The third kappa shape index (κ3) is 4.12. The minimum atomic E-state index is -5.24. The third-order valence-corrected chi connectivity index (χ3v) is 6.25. The van der Waals surface area contributed by atoms with Gasteiger partial charge >= 0.3 is 11.7 Å². The van der Waals surface area contributed by atoms with E-state index in [4.69, 9.17) is 10.00 Å². The van der Waals surface area contributed by atoms with Gasteiger partial charge < -0.3 is 4.74 Å². The molecule has 0 unspecified atom stereocenters. The van der Waals surface area contributed by atoms with E-state index in [2.05, 4.69) is 0 Å². The number of ether oxygens (including phenoxy) is 1. The number of fused-ring (bicyclic) bond motifs is 1. The molecule has 31 heavy (non-hydrogen) atoms. The number of rotatable bonds is 5. The van der Waals surface area contributed by atoms with Crippen molar-refractivity contribution in [1.29, 1.82) is 5.26 Å². The highest BCUT2D eigenvalue weighted by Crippen LogP contribution is 2.45. The molecule has 164 valence electrons. The number of nitrogens with zero attached hydrogens (tertiary/aromatic N) is 1. The van der Waals surface area contributed by atoms with Crippen molar-refractivity contribution >= 4 is 15.8 Å². The lowest BCUT2D eigenvalue weighted by Gasteiger charge is -2.20. The fourth-order valence-electron chi connectivity index (χ4n) is 3.58. The summed E-state index contributed by atoms with van der Waals surface area (Å²) in [4.78, 5) is 10.4. The van der Waals surface area contributed by atoms with Crippen molar-refractivity contribution < 1.29 is 39.9 Å². The van der Waals surface area contributed by atoms with Crippen LogP contribution in [0.4, 0.5) is 22.0 Å². The maximum absolute atomic E-state index is 15.3. The second-order valence-electron chi connectivity index (χ2n) is 6.85. The van der Waals surface area contributed by atoms with E-state index in [9.17, 15) is 30.8 Å². The Morgan fingerprint density at radius 1 is 1.23 bits per heavy atom. The van der Waals surface area contributed by atoms with E-state index in [1.807, 2.05) is 0 Å². The molecule has 5 nitrogen and oxygen atoms in total. The van der Waals surface area contributed by atoms with Gasteiger partial charge in [-0.2, -0.15) is 14.0 Å². The Balaban J connectivity index is 2.24. The normalized spacial score (nSPS) is 19.0. The molecular formula is C20H14F5NO4S. The molecule has 0 amide bonds. The van der Waals surface area contributed by atoms with E-state index in [1.54, 1.807) is 6.07 Å². The lowest BCUT2D eigenvalue weighted by Crippen LogP contribution is -2.19. The fraction of sp³-hybridized carbons (Fsp3) is 0.300. The SMILES string of the molecule is CC(=O)O[C@H]1c2c(S(=O)(=O)C(F)F)ccc([C@H](F)c3cc(F)cc(C#N)c3)c2C[C@H]1F. The second kappa shape index (κ2) is 8.26. The first-order chi connectivity index (χ1) is 14.5. The van der Waals surface area contributed by atoms with Crippen molar-refractivity contribution in [3.8, 4) is 6.07 Å². The van der Waals surface area contributed by atoms with Gasteiger partial charge in [0, 0.05) is 18.9 Å². The van der Waals surface area contributed by atoms with Crippen LogP contribution in [0, 0.1) is 17.1 Å². The first-order valence-corrected chi connectivity index (χ1v) is 10.4. The average Bonchev–Trinajstić information content (AvgIpc) is 3.01. The highest BCUT2D eigenvalue weighted by molar-refractivity contribution is 7.91. The van der Waals surface area contributed by atoms with Crippen LogP contribution in [-0.2, 0) is 25.8 Å². The Morgan fingerprint density at radius 2 is 1.90 bits per heavy atom. The Morgan fingerprint density at radius 3 is 2.48 bits per heavy atom. The number of halogens is 5. The van der Waals surface area contributed by atoms with Crippen LogP contribution in [0.2, 0.25) is 0 Å². The molecular weight excluding hydrogens is 445 g/mol. The summed E-state index contributed by atoms with van der Waals surface area (Å²) in [5.41, 5.74) is -1.65. The largest absolute Gasteiger partial charge is 0.454 e. The lowest BCUT2D eigenvalue weighted by molar-refractivity contribution is -0.149. The number of sulfone groups is 1. The summed E-state index contributed by atoms with van der Waals surface area (Å²) in [5.74, 6) is -5.75. The maximum Gasteiger partial charge on any atom is 0.341 e. The fourth-order valence-corrected chi connectivity index (χ4v) is 4.57. The molecule has 0 N–H and O–H groups in total. The smallest absolute Gasteiger partial charge is 0.341 e. The number of alkyl halides is 4. The molecule has 3 atom stereocenters. The molecule has 1 aliphatic rings. The van der Waals surface area contributed by atoms with E-state index < -0.39 is 62.7 Å². The van der Waals surface area contributed by atoms with Crippen LogP contribution in [0.5, 0.6) is 0 Å². The van der Waals surface area contributed by atoms with Gasteiger partial charge in [0.25, 0.3) is 0 Å². The number of benzene rings is 2. The molecule has 0 aliphatic heterocycles. The Kier molecular flexibility index (Phi) is 6.04. The Bertz CT molecular complexity index is 1190. The van der Waals surface area contributed by atoms with Crippen molar-refractivity contribution in [2.24, 2.45) is 0 Å². The van der Waals surface area contributed by atoms with Crippen molar-refractivity contribution in [3.63, 3.8) is 0 Å². The van der Waals surface area contributed by atoms with E-state index >= 15 is 4.39 Å². The maximum atomic E-state index is 15.3. The zero-order valence-corrected chi connectivity index (χ0v) is 16.6. The topological polar surface area (TPSA) is 84.2 Å². The van der Waals surface area contributed by atoms with Crippen LogP contribution in [0.1, 0.15) is 47.0 Å². The van der Waals surface area contributed by atoms with Crippen molar-refractivity contribution in [3.05, 3.63) is 64.0 Å². The zero-order chi connectivity index (χ0) is 23.1. The van der Waals surface area contributed by atoms with Gasteiger partial charge in [0.1, 0.15) is 12.0 Å². The highest BCUT2D eigenvalue weighted by Gasteiger charge is 2.44. The lowest BCUT2D eigenvalue weighted by atomic mass is 9.94. The molecule has 3 rings (SSSR count). The van der Waals surface area contributed by atoms with Gasteiger partial charge in [-0.05, 0) is 41.0 Å². The number of hydrogen-bond donors (Lipinski definition) is 0. The van der Waals surface area contributed by atoms with Crippen molar-refractivity contribution in [2.75, 3.05) is 0 Å². The average molecular weight is 459 g/mol. The standard InChI is InChI=1S/C20H14F5NO4S/c1-9(27)30-19-15(22)7-14-13(2-3-16(17(14)19)31(28,29)20(24)25)18(23)11-4-10(8-26)5-12(21)6-11/h2-6,15,18-20H,7H2,1H3/t15-,18-,19-/m1/s1. The molecule has 0 saturated heterocycles. The van der Waals surface area contributed by atoms with Crippen LogP contribution in [0.3, 0.4) is 0 Å². The monoisotopic (exact) mass is 459 g/mol. The van der Waals surface area contributed by atoms with Gasteiger partial charge in [-0.15, -0.1) is 0 Å². The predicted molar refractivity (Wildman–Crippen MR) is 96.8 cm³/mol. The predicted octanol–water partition coefficient (Wildman–Crippen LogP) is 4.25. The van der Waals surface area contributed by atoms with E-state index in [0.717, 1.165) is 31.2 Å². The zero-order valence-electron chi connectivity index (χ0n) is 15.8. The van der Waals surface area contributed by atoms with Crippen LogP contribution >= 0.6 is 0 Å². The number of carbonyl (C=O) groups excluding carboxylic acids is 1. The molecule has 0 fully saturated rings. The van der Waals surface area contributed by atoms with Gasteiger partial charge in [-0.3, -0.25) is 4.79 Å². The van der Waals surface area contributed by atoms with E-state index in [0.29, 0.717) is 6.07 Å². The van der Waals surface area contributed by atoms with Crippen LogP contribution in [0.15, 0.2) is 35.2 Å². The molecule has 0 radical (unpaired) electrons. The van der Waals surface area contributed by atoms with E-state index in [1.165, 1.54) is 0 Å². The molecule has 0 bridgehead atoms. The van der Waals surface area contributed by atoms with E-state index in [-0.39, 0.29) is 22.3 Å². The third-order valence-electron chi connectivity index (χ3n) is 4.81. The molecule has 0 heterocycles. The summed E-state index contributed by atoms with van der Waals surface area (Å²) in [5, 5.41) is 8.95. The van der Waals surface area contributed by atoms with Crippen molar-refractivity contribution in [2.45, 2.75) is 42.4 Å². The van der Waals surface area contributed by atoms with Crippen molar-refractivity contribution in [1.82, 2.24) is 0 Å². The minimum absolute atomic E-state index is 0.188. The first-order valence-electron chi connectivity index (χ1n) is 8.81.